The Kier molecular flexibility index (Phi) is 3.37. The van der Waals surface area contributed by atoms with Crippen LogP contribution in [0.15, 0.2) is 41.3 Å². The second-order valence-electron chi connectivity index (χ2n) is 4.32. The second-order valence-corrected chi connectivity index (χ2v) is 4.32. The second kappa shape index (κ2) is 4.96. The van der Waals surface area contributed by atoms with Crippen molar-refractivity contribution in [2.75, 3.05) is 0 Å². The molecule has 0 saturated heterocycles. The number of hydrogen-bond donors (Lipinski definition) is 0. The number of nitrogens with zero attached hydrogens (tertiary/aromatic N) is 2. The van der Waals surface area contributed by atoms with Gasteiger partial charge in [0.25, 0.3) is 5.56 Å². The van der Waals surface area contributed by atoms with Gasteiger partial charge in [0.2, 0.25) is 0 Å². The molecule has 92 valence electrons. The summed E-state index contributed by atoms with van der Waals surface area (Å²) >= 11 is 0. The summed E-state index contributed by atoms with van der Waals surface area (Å²) < 4.78 is 1.18. The SMILES string of the molecule is Cc1ccc(C(=O)Cn2ncc(C)cc2=O)cc1. The number of aryl methyl sites for hydroxylation is 2. The number of benzene rings is 1. The Bertz CT molecular complexity index is 627. The summed E-state index contributed by atoms with van der Waals surface area (Å²) in [7, 11) is 0. The van der Waals surface area contributed by atoms with Crippen LogP contribution in [0.25, 0.3) is 0 Å². The van der Waals surface area contributed by atoms with Crippen LogP contribution < -0.4 is 5.56 Å². The lowest BCUT2D eigenvalue weighted by atomic mass is 10.1. The van der Waals surface area contributed by atoms with Crippen LogP contribution >= 0.6 is 0 Å². The van der Waals surface area contributed by atoms with Gasteiger partial charge in [-0.1, -0.05) is 29.8 Å². The number of aromatic nitrogens is 2. The molecule has 0 aliphatic heterocycles. The average Bonchev–Trinajstić information content (AvgIpc) is 2.33. The van der Waals surface area contributed by atoms with Crippen LogP contribution in [-0.2, 0) is 6.54 Å². The molecular weight excluding hydrogens is 228 g/mol. The van der Waals surface area contributed by atoms with E-state index in [1.165, 1.54) is 10.7 Å². The average molecular weight is 242 g/mol. The maximum Gasteiger partial charge on any atom is 0.267 e. The van der Waals surface area contributed by atoms with Gasteiger partial charge in [-0.3, -0.25) is 9.59 Å². The minimum Gasteiger partial charge on any atom is -0.292 e. The quantitative estimate of drug-likeness (QED) is 0.770. The van der Waals surface area contributed by atoms with Gasteiger partial charge in [0.1, 0.15) is 6.54 Å². The molecule has 4 nitrogen and oxygen atoms in total. The number of Topliss-reactive ketones (excluding diaryl/α,β-unsaturated/α-hetero) is 1. The Hall–Kier alpha value is -2.23. The Balaban J connectivity index is 2.21. The third-order valence-electron chi connectivity index (χ3n) is 2.67. The number of carbonyl (C=O) groups excluding carboxylic acids is 1. The molecule has 0 aliphatic rings. The molecule has 0 aliphatic carbocycles. The molecule has 0 N–H and O–H groups in total. The monoisotopic (exact) mass is 242 g/mol. The van der Waals surface area contributed by atoms with Gasteiger partial charge in [-0.05, 0) is 19.4 Å². The Morgan fingerprint density at radius 3 is 2.44 bits per heavy atom. The van der Waals surface area contributed by atoms with E-state index in [9.17, 15) is 9.59 Å². The molecular formula is C14H14N2O2. The fourth-order valence-corrected chi connectivity index (χ4v) is 1.61. The first-order chi connectivity index (χ1) is 8.56. The molecule has 0 atom stereocenters. The van der Waals surface area contributed by atoms with Crippen molar-refractivity contribution in [1.29, 1.82) is 0 Å². The summed E-state index contributed by atoms with van der Waals surface area (Å²) in [6.07, 6.45) is 1.57. The topological polar surface area (TPSA) is 52.0 Å². The molecule has 0 spiro atoms. The summed E-state index contributed by atoms with van der Waals surface area (Å²) in [6.45, 7) is 3.73. The molecule has 2 rings (SSSR count). The van der Waals surface area contributed by atoms with Gasteiger partial charge in [-0.2, -0.15) is 5.10 Å². The largest absolute Gasteiger partial charge is 0.292 e. The summed E-state index contributed by atoms with van der Waals surface area (Å²) in [5, 5.41) is 3.94. The molecule has 0 fully saturated rings. The smallest absolute Gasteiger partial charge is 0.267 e. The van der Waals surface area contributed by atoms with Crippen LogP contribution in [-0.4, -0.2) is 15.6 Å². The summed E-state index contributed by atoms with van der Waals surface area (Å²) in [6, 6.07) is 8.74. The van der Waals surface area contributed by atoms with Crippen LogP contribution in [0.3, 0.4) is 0 Å². The zero-order valence-corrected chi connectivity index (χ0v) is 10.4. The van der Waals surface area contributed by atoms with Crippen molar-refractivity contribution in [3.63, 3.8) is 0 Å². The third-order valence-corrected chi connectivity index (χ3v) is 2.67. The van der Waals surface area contributed by atoms with Crippen molar-refractivity contribution in [1.82, 2.24) is 9.78 Å². The highest BCUT2D eigenvalue weighted by Crippen LogP contribution is 2.04. The number of hydrogen-bond acceptors (Lipinski definition) is 3. The van der Waals surface area contributed by atoms with Crippen molar-refractivity contribution in [3.05, 3.63) is 63.6 Å². The van der Waals surface area contributed by atoms with Crippen LogP contribution in [0.5, 0.6) is 0 Å². The van der Waals surface area contributed by atoms with E-state index in [1.807, 2.05) is 19.1 Å². The van der Waals surface area contributed by atoms with Crippen molar-refractivity contribution >= 4 is 5.78 Å². The predicted molar refractivity (Wildman–Crippen MR) is 68.7 cm³/mol. The van der Waals surface area contributed by atoms with E-state index < -0.39 is 0 Å². The van der Waals surface area contributed by atoms with Crippen LogP contribution in [0, 0.1) is 13.8 Å². The molecule has 0 amide bonds. The van der Waals surface area contributed by atoms with E-state index in [4.69, 9.17) is 0 Å². The minimum absolute atomic E-state index is 0.0256. The van der Waals surface area contributed by atoms with Crippen LogP contribution in [0.1, 0.15) is 21.5 Å². The molecule has 1 heterocycles. The normalized spacial score (nSPS) is 10.3. The standard InChI is InChI=1S/C14H14N2O2/c1-10-3-5-12(6-4-10)13(17)9-16-14(18)7-11(2)8-15-16/h3-8H,9H2,1-2H3. The summed E-state index contributed by atoms with van der Waals surface area (Å²) in [5.41, 5.74) is 2.22. The van der Waals surface area contributed by atoms with Crippen molar-refractivity contribution in [3.8, 4) is 0 Å². The van der Waals surface area contributed by atoms with Crippen molar-refractivity contribution in [2.45, 2.75) is 20.4 Å². The van der Waals surface area contributed by atoms with Gasteiger partial charge >= 0.3 is 0 Å². The first-order valence-corrected chi connectivity index (χ1v) is 5.70. The van der Waals surface area contributed by atoms with Gasteiger partial charge < -0.3 is 0 Å². The fraction of sp³-hybridized carbons (Fsp3) is 0.214. The molecule has 0 radical (unpaired) electrons. The first kappa shape index (κ1) is 12.2. The van der Waals surface area contributed by atoms with Crippen molar-refractivity contribution < 1.29 is 4.79 Å². The zero-order valence-electron chi connectivity index (χ0n) is 10.4. The lowest BCUT2D eigenvalue weighted by Crippen LogP contribution is -2.26. The summed E-state index contributed by atoms with van der Waals surface area (Å²) in [4.78, 5) is 23.6. The van der Waals surface area contributed by atoms with E-state index in [-0.39, 0.29) is 17.9 Å². The number of carbonyl (C=O) groups is 1. The third kappa shape index (κ3) is 2.71. The van der Waals surface area contributed by atoms with Gasteiger partial charge in [-0.15, -0.1) is 0 Å². The highest BCUT2D eigenvalue weighted by Gasteiger charge is 2.08. The predicted octanol–water partition coefficient (Wildman–Crippen LogP) is 1.74. The van der Waals surface area contributed by atoms with E-state index in [1.54, 1.807) is 25.3 Å². The molecule has 2 aromatic rings. The number of rotatable bonds is 3. The minimum atomic E-state index is -0.254. The van der Waals surface area contributed by atoms with Crippen LogP contribution in [0.2, 0.25) is 0 Å². The summed E-state index contributed by atoms with van der Waals surface area (Å²) in [5.74, 6) is -0.117. The maximum atomic E-state index is 12.0. The van der Waals surface area contributed by atoms with E-state index in [0.29, 0.717) is 5.56 Å². The fourth-order valence-electron chi connectivity index (χ4n) is 1.61. The zero-order chi connectivity index (χ0) is 13.1. The lowest BCUT2D eigenvalue weighted by molar-refractivity contribution is 0.0965. The highest BCUT2D eigenvalue weighted by atomic mass is 16.1. The molecule has 0 saturated carbocycles. The van der Waals surface area contributed by atoms with E-state index >= 15 is 0 Å². The number of ketones is 1. The molecule has 0 bridgehead atoms. The van der Waals surface area contributed by atoms with Gasteiger partial charge in [-0.25, -0.2) is 4.68 Å². The maximum absolute atomic E-state index is 12.0. The van der Waals surface area contributed by atoms with Gasteiger partial charge in [0.05, 0.1) is 6.20 Å². The van der Waals surface area contributed by atoms with Gasteiger partial charge in [0.15, 0.2) is 5.78 Å². The Morgan fingerprint density at radius 2 is 1.83 bits per heavy atom. The molecule has 1 aromatic heterocycles. The van der Waals surface area contributed by atoms with Crippen LogP contribution in [0.4, 0.5) is 0 Å². The Morgan fingerprint density at radius 1 is 1.17 bits per heavy atom. The van der Waals surface area contributed by atoms with Crippen molar-refractivity contribution in [2.24, 2.45) is 0 Å². The first-order valence-electron chi connectivity index (χ1n) is 5.70. The molecule has 0 unspecified atom stereocenters. The molecule has 1 aromatic carbocycles. The van der Waals surface area contributed by atoms with E-state index in [2.05, 4.69) is 5.10 Å². The lowest BCUT2D eigenvalue weighted by Gasteiger charge is -2.04. The Labute approximate surface area is 105 Å². The highest BCUT2D eigenvalue weighted by molar-refractivity contribution is 5.95. The molecule has 4 heteroatoms. The molecule has 18 heavy (non-hydrogen) atoms. The van der Waals surface area contributed by atoms with Gasteiger partial charge in [0, 0.05) is 11.6 Å². The van der Waals surface area contributed by atoms with E-state index in [0.717, 1.165) is 11.1 Å².